The summed E-state index contributed by atoms with van der Waals surface area (Å²) in [5.74, 6) is -0.139. The van der Waals surface area contributed by atoms with Crippen LogP contribution < -0.4 is 5.73 Å². The van der Waals surface area contributed by atoms with Crippen molar-refractivity contribution in [2.24, 2.45) is 11.7 Å². The van der Waals surface area contributed by atoms with Gasteiger partial charge in [0.25, 0.3) is 5.91 Å². The SMILES string of the molecule is CCc1cccc(-c2c(Cl)cccc2C(O)(CCCCOC)C2CCCN(C(=O)c3ccc(CN)cc3)C2)c1. The number of unbranched alkanes of at least 4 members (excludes halogenated alkanes) is 1. The van der Waals surface area contributed by atoms with Crippen LogP contribution in [0.5, 0.6) is 0 Å². The molecule has 0 aromatic heterocycles. The summed E-state index contributed by atoms with van der Waals surface area (Å²) < 4.78 is 5.30. The van der Waals surface area contributed by atoms with Crippen LogP contribution in [0.25, 0.3) is 11.1 Å². The highest BCUT2D eigenvalue weighted by molar-refractivity contribution is 6.33. The first-order valence-corrected chi connectivity index (χ1v) is 14.5. The zero-order valence-electron chi connectivity index (χ0n) is 23.2. The van der Waals surface area contributed by atoms with E-state index in [1.807, 2.05) is 47.4 Å². The second-order valence-electron chi connectivity index (χ2n) is 10.6. The molecule has 3 aromatic carbocycles. The fraction of sp³-hybridized carbons (Fsp3) is 0.424. The third kappa shape index (κ3) is 6.72. The fourth-order valence-electron chi connectivity index (χ4n) is 5.84. The third-order valence-electron chi connectivity index (χ3n) is 8.08. The van der Waals surface area contributed by atoms with E-state index in [0.717, 1.165) is 54.4 Å². The lowest BCUT2D eigenvalue weighted by molar-refractivity contribution is -0.0574. The number of nitrogens with zero attached hydrogens (tertiary/aromatic N) is 1. The molecule has 2 atom stereocenters. The predicted octanol–water partition coefficient (Wildman–Crippen LogP) is 6.58. The van der Waals surface area contributed by atoms with Gasteiger partial charge in [0.05, 0.1) is 5.60 Å². The van der Waals surface area contributed by atoms with Crippen molar-refractivity contribution in [2.75, 3.05) is 26.8 Å². The van der Waals surface area contributed by atoms with Crippen LogP contribution in [0, 0.1) is 5.92 Å². The Morgan fingerprint density at radius 2 is 1.87 bits per heavy atom. The Balaban J connectivity index is 1.71. The van der Waals surface area contributed by atoms with Crippen molar-refractivity contribution < 1.29 is 14.6 Å². The van der Waals surface area contributed by atoms with Crippen molar-refractivity contribution in [3.63, 3.8) is 0 Å². The number of carbonyl (C=O) groups is 1. The summed E-state index contributed by atoms with van der Waals surface area (Å²) in [5, 5.41) is 13.3. The first-order chi connectivity index (χ1) is 18.9. The van der Waals surface area contributed by atoms with E-state index in [-0.39, 0.29) is 11.8 Å². The standard InChI is InChI=1S/C33H41ClN2O3/c1-3-24-9-6-10-27(21-24)31-29(12-7-13-30(31)34)33(38,18-4-5-20-39-2)28-11-8-19-36(23-28)32(37)26-16-14-25(22-35)15-17-26/h6-7,9-10,12-17,21,28,38H,3-5,8,11,18-20,22-23,35H2,1-2H3. The smallest absolute Gasteiger partial charge is 0.253 e. The van der Waals surface area contributed by atoms with E-state index in [0.29, 0.717) is 43.2 Å². The van der Waals surface area contributed by atoms with Crippen LogP contribution >= 0.6 is 11.6 Å². The van der Waals surface area contributed by atoms with Gasteiger partial charge in [-0.05, 0) is 79.0 Å². The topological polar surface area (TPSA) is 75.8 Å². The summed E-state index contributed by atoms with van der Waals surface area (Å²) in [5.41, 5.74) is 10.2. The lowest BCUT2D eigenvalue weighted by Crippen LogP contribution is -2.48. The highest BCUT2D eigenvalue weighted by atomic mass is 35.5. The second kappa shape index (κ2) is 13.6. The molecular weight excluding hydrogens is 508 g/mol. The van der Waals surface area contributed by atoms with Crippen molar-refractivity contribution in [3.05, 3.63) is 94.0 Å². The summed E-state index contributed by atoms with van der Waals surface area (Å²) in [6.45, 7) is 4.38. The number of aliphatic hydroxyl groups is 1. The maximum atomic E-state index is 13.5. The Morgan fingerprint density at radius 1 is 1.10 bits per heavy atom. The average molecular weight is 549 g/mol. The van der Waals surface area contributed by atoms with Gasteiger partial charge in [0.15, 0.2) is 0 Å². The quantitative estimate of drug-likeness (QED) is 0.265. The third-order valence-corrected chi connectivity index (χ3v) is 8.40. The molecule has 0 radical (unpaired) electrons. The van der Waals surface area contributed by atoms with Gasteiger partial charge in [0.1, 0.15) is 0 Å². The van der Waals surface area contributed by atoms with Crippen molar-refractivity contribution in [1.82, 2.24) is 4.90 Å². The monoisotopic (exact) mass is 548 g/mol. The normalized spacial score (nSPS) is 17.2. The highest BCUT2D eigenvalue weighted by Gasteiger charge is 2.43. The number of ether oxygens (including phenoxy) is 1. The summed E-state index contributed by atoms with van der Waals surface area (Å²) in [6.07, 6.45) is 4.80. The molecule has 0 saturated carbocycles. The molecule has 6 heteroatoms. The van der Waals surface area contributed by atoms with E-state index in [4.69, 9.17) is 22.1 Å². The maximum absolute atomic E-state index is 13.5. The van der Waals surface area contributed by atoms with E-state index in [9.17, 15) is 9.90 Å². The van der Waals surface area contributed by atoms with E-state index in [2.05, 4.69) is 31.2 Å². The number of amides is 1. The first kappa shape index (κ1) is 29.3. The van der Waals surface area contributed by atoms with Gasteiger partial charge >= 0.3 is 0 Å². The average Bonchev–Trinajstić information content (AvgIpc) is 2.98. The molecule has 208 valence electrons. The number of rotatable bonds is 11. The molecular formula is C33H41ClN2O3. The molecule has 0 aliphatic carbocycles. The number of likely N-dealkylation sites (tertiary alicyclic amines) is 1. The van der Waals surface area contributed by atoms with Gasteiger partial charge in [-0.15, -0.1) is 0 Å². The van der Waals surface area contributed by atoms with Gasteiger partial charge in [-0.25, -0.2) is 0 Å². The molecule has 5 nitrogen and oxygen atoms in total. The number of hydrogen-bond donors (Lipinski definition) is 2. The maximum Gasteiger partial charge on any atom is 0.253 e. The van der Waals surface area contributed by atoms with Crippen molar-refractivity contribution in [2.45, 2.75) is 57.6 Å². The Kier molecular flexibility index (Phi) is 10.2. The van der Waals surface area contributed by atoms with Gasteiger partial charge in [-0.1, -0.05) is 67.1 Å². The molecule has 1 aliphatic rings. The molecule has 1 amide bonds. The van der Waals surface area contributed by atoms with Gasteiger partial charge in [-0.3, -0.25) is 4.79 Å². The molecule has 2 unspecified atom stereocenters. The molecule has 1 aliphatic heterocycles. The number of methoxy groups -OCH3 is 1. The minimum absolute atomic E-state index is 0.00744. The minimum Gasteiger partial charge on any atom is -0.385 e. The van der Waals surface area contributed by atoms with Crippen molar-refractivity contribution in [3.8, 4) is 11.1 Å². The van der Waals surface area contributed by atoms with Crippen molar-refractivity contribution >= 4 is 17.5 Å². The first-order valence-electron chi connectivity index (χ1n) is 14.1. The number of nitrogens with two attached hydrogens (primary N) is 1. The minimum atomic E-state index is -1.15. The van der Waals surface area contributed by atoms with Crippen LogP contribution in [0.1, 0.15) is 66.1 Å². The van der Waals surface area contributed by atoms with E-state index in [1.54, 1.807) is 7.11 Å². The van der Waals surface area contributed by atoms with Gasteiger partial charge in [0.2, 0.25) is 0 Å². The van der Waals surface area contributed by atoms with Crippen LogP contribution in [0.3, 0.4) is 0 Å². The number of aryl methyl sites for hydroxylation is 1. The van der Waals surface area contributed by atoms with Gasteiger partial charge < -0.3 is 20.5 Å². The van der Waals surface area contributed by atoms with Crippen LogP contribution in [0.4, 0.5) is 0 Å². The summed E-state index contributed by atoms with van der Waals surface area (Å²) >= 11 is 6.87. The summed E-state index contributed by atoms with van der Waals surface area (Å²) in [6, 6.07) is 21.7. The van der Waals surface area contributed by atoms with E-state index in [1.165, 1.54) is 5.56 Å². The lowest BCUT2D eigenvalue weighted by Gasteiger charge is -2.44. The molecule has 1 heterocycles. The largest absolute Gasteiger partial charge is 0.385 e. The summed E-state index contributed by atoms with van der Waals surface area (Å²) in [4.78, 5) is 15.4. The zero-order valence-corrected chi connectivity index (χ0v) is 23.9. The number of piperidine rings is 1. The van der Waals surface area contributed by atoms with Crippen LogP contribution in [-0.4, -0.2) is 42.7 Å². The molecule has 0 spiro atoms. The van der Waals surface area contributed by atoms with Gasteiger partial charge in [-0.2, -0.15) is 0 Å². The number of hydrogen-bond acceptors (Lipinski definition) is 4. The second-order valence-corrected chi connectivity index (χ2v) is 11.0. The van der Waals surface area contributed by atoms with Crippen LogP contribution in [0.15, 0.2) is 66.7 Å². The van der Waals surface area contributed by atoms with Crippen LogP contribution in [-0.2, 0) is 23.3 Å². The highest BCUT2D eigenvalue weighted by Crippen LogP contribution is 2.46. The molecule has 0 bridgehead atoms. The molecule has 1 fully saturated rings. The number of halogens is 1. The molecule has 4 rings (SSSR count). The molecule has 39 heavy (non-hydrogen) atoms. The predicted molar refractivity (Wildman–Crippen MR) is 159 cm³/mol. The fourth-order valence-corrected chi connectivity index (χ4v) is 6.13. The molecule has 3 aromatic rings. The Hall–Kier alpha value is -2.70. The number of carbonyl (C=O) groups excluding carboxylic acids is 1. The zero-order chi connectivity index (χ0) is 27.8. The van der Waals surface area contributed by atoms with Gasteiger partial charge in [0, 0.05) is 55.4 Å². The van der Waals surface area contributed by atoms with Crippen LogP contribution in [0.2, 0.25) is 5.02 Å². The summed E-state index contributed by atoms with van der Waals surface area (Å²) in [7, 11) is 1.70. The van der Waals surface area contributed by atoms with E-state index >= 15 is 0 Å². The Bertz CT molecular complexity index is 1250. The Morgan fingerprint density at radius 3 is 2.59 bits per heavy atom. The molecule has 1 saturated heterocycles. The molecule has 3 N–H and O–H groups in total. The Labute approximate surface area is 237 Å². The lowest BCUT2D eigenvalue weighted by atomic mass is 9.72. The van der Waals surface area contributed by atoms with Crippen molar-refractivity contribution in [1.29, 1.82) is 0 Å². The number of benzene rings is 3. The van der Waals surface area contributed by atoms with E-state index < -0.39 is 5.60 Å².